The standard InChI is InChI=1S/C27H34O8/c1-23(2)17(10-18(28)32-5)25(4)16-6-8-24(3)21(14-7-9-33-13-14)34-19(29)12-27(24,31)26(16)11-15(20(25)30)22(23)35-26/h7,9,13,15-17,21-22,31H,6,8,10-12H2,1-5H3/t15-,16+,17-,21-,22+,24-,25+,26-,27-/m0/s1. The van der Waals surface area contributed by atoms with E-state index in [-0.39, 0.29) is 36.4 Å². The van der Waals surface area contributed by atoms with Gasteiger partial charge >= 0.3 is 11.9 Å². The van der Waals surface area contributed by atoms with E-state index < -0.39 is 51.5 Å². The molecule has 35 heavy (non-hydrogen) atoms. The van der Waals surface area contributed by atoms with Gasteiger partial charge in [0.05, 0.1) is 32.2 Å². The van der Waals surface area contributed by atoms with Crippen molar-refractivity contribution in [3.05, 3.63) is 24.2 Å². The number of hydrogen-bond donors (Lipinski definition) is 1. The molecule has 3 bridgehead atoms. The Kier molecular flexibility index (Phi) is 4.49. The molecule has 1 N–H and O–H groups in total. The summed E-state index contributed by atoms with van der Waals surface area (Å²) in [5, 5.41) is 12.8. The zero-order valence-corrected chi connectivity index (χ0v) is 21.0. The van der Waals surface area contributed by atoms with Crippen LogP contribution in [0.4, 0.5) is 0 Å². The van der Waals surface area contributed by atoms with Gasteiger partial charge in [-0.05, 0) is 36.7 Å². The molecule has 0 amide bonds. The summed E-state index contributed by atoms with van der Waals surface area (Å²) in [6.45, 7) is 8.05. The van der Waals surface area contributed by atoms with Crippen molar-refractivity contribution < 1.29 is 38.1 Å². The van der Waals surface area contributed by atoms with Gasteiger partial charge in [0.25, 0.3) is 0 Å². The quantitative estimate of drug-likeness (QED) is 0.648. The van der Waals surface area contributed by atoms with Crippen LogP contribution in [0.25, 0.3) is 0 Å². The molecule has 3 saturated carbocycles. The number of ketones is 1. The molecule has 8 nitrogen and oxygen atoms in total. The summed E-state index contributed by atoms with van der Waals surface area (Å²) in [7, 11) is 1.36. The zero-order valence-electron chi connectivity index (χ0n) is 21.0. The fraction of sp³-hybridized carbons (Fsp3) is 0.741. The fourth-order valence-electron chi connectivity index (χ4n) is 9.38. The lowest BCUT2D eigenvalue weighted by Crippen LogP contribution is -2.76. The predicted octanol–water partition coefficient (Wildman–Crippen LogP) is 3.37. The van der Waals surface area contributed by atoms with Crippen LogP contribution in [-0.2, 0) is 28.6 Å². The van der Waals surface area contributed by atoms with Gasteiger partial charge in [0.1, 0.15) is 23.1 Å². The van der Waals surface area contributed by atoms with Crippen LogP contribution in [0.3, 0.4) is 0 Å². The van der Waals surface area contributed by atoms with Gasteiger partial charge in [-0.1, -0.05) is 27.7 Å². The van der Waals surface area contributed by atoms with Gasteiger partial charge in [-0.2, -0.15) is 0 Å². The number of ether oxygens (including phenoxy) is 3. The Bertz CT molecular complexity index is 1110. The van der Waals surface area contributed by atoms with E-state index in [9.17, 15) is 19.5 Å². The number of carbonyl (C=O) groups excluding carboxylic acids is 3. The first kappa shape index (κ1) is 23.2. The van der Waals surface area contributed by atoms with Gasteiger partial charge in [-0.15, -0.1) is 0 Å². The van der Waals surface area contributed by atoms with Crippen molar-refractivity contribution in [2.75, 3.05) is 7.11 Å². The van der Waals surface area contributed by atoms with Gasteiger partial charge in [0.15, 0.2) is 0 Å². The number of Topliss-reactive ketones (excluding diaryl/α,β-unsaturated/α-hetero) is 1. The van der Waals surface area contributed by atoms with E-state index in [1.807, 2.05) is 13.8 Å². The Balaban J connectivity index is 1.54. The van der Waals surface area contributed by atoms with Crippen LogP contribution in [-0.4, -0.2) is 47.2 Å². The average Bonchev–Trinajstić information content (AvgIpc) is 3.44. The molecule has 9 atom stereocenters. The number of aliphatic hydroxyl groups is 1. The highest BCUT2D eigenvalue weighted by molar-refractivity contribution is 5.92. The van der Waals surface area contributed by atoms with Gasteiger partial charge in [-0.3, -0.25) is 14.4 Å². The van der Waals surface area contributed by atoms with Crippen LogP contribution in [0, 0.1) is 34.0 Å². The number of fused-ring (bicyclic) bond motifs is 3. The maximum Gasteiger partial charge on any atom is 0.309 e. The molecule has 5 aliphatic rings. The van der Waals surface area contributed by atoms with Crippen LogP contribution < -0.4 is 0 Å². The number of carbonyl (C=O) groups is 3. The van der Waals surface area contributed by atoms with Crippen molar-refractivity contribution in [1.29, 1.82) is 0 Å². The van der Waals surface area contributed by atoms with Crippen molar-refractivity contribution >= 4 is 17.7 Å². The zero-order chi connectivity index (χ0) is 25.2. The molecule has 3 heterocycles. The summed E-state index contributed by atoms with van der Waals surface area (Å²) in [6.07, 6.45) is 3.39. The first-order valence-electron chi connectivity index (χ1n) is 12.6. The van der Waals surface area contributed by atoms with Gasteiger partial charge < -0.3 is 23.7 Å². The summed E-state index contributed by atoms with van der Waals surface area (Å²) in [5.41, 5.74) is -4.18. The molecular weight excluding hydrogens is 452 g/mol. The Morgan fingerprint density at radius 1 is 1.23 bits per heavy atom. The van der Waals surface area contributed by atoms with Gasteiger partial charge in [0.2, 0.25) is 0 Å². The van der Waals surface area contributed by atoms with E-state index in [0.717, 1.165) is 0 Å². The van der Waals surface area contributed by atoms with E-state index in [1.165, 1.54) is 13.4 Å². The van der Waals surface area contributed by atoms with E-state index in [1.54, 1.807) is 12.3 Å². The third kappa shape index (κ3) is 2.43. The Hall–Kier alpha value is -2.19. The second-order valence-electron chi connectivity index (χ2n) is 12.5. The van der Waals surface area contributed by atoms with Crippen LogP contribution >= 0.6 is 0 Å². The summed E-state index contributed by atoms with van der Waals surface area (Å²) in [5.74, 6) is -1.76. The number of cyclic esters (lactones) is 1. The fourth-order valence-corrected chi connectivity index (χ4v) is 9.38. The van der Waals surface area contributed by atoms with E-state index in [4.69, 9.17) is 18.6 Å². The molecule has 1 spiro atoms. The van der Waals surface area contributed by atoms with Gasteiger partial charge in [0, 0.05) is 34.7 Å². The molecule has 3 aliphatic carbocycles. The lowest BCUT2D eigenvalue weighted by molar-refractivity contribution is -0.316. The number of rotatable bonds is 3. The van der Waals surface area contributed by atoms with Gasteiger partial charge in [-0.25, -0.2) is 0 Å². The Morgan fingerprint density at radius 2 is 1.97 bits per heavy atom. The molecule has 0 unspecified atom stereocenters. The largest absolute Gasteiger partial charge is 0.472 e. The molecule has 1 aromatic heterocycles. The number of hydrogen-bond acceptors (Lipinski definition) is 8. The molecular formula is C27H34O8. The van der Waals surface area contributed by atoms with Crippen molar-refractivity contribution in [3.8, 4) is 0 Å². The maximum atomic E-state index is 14.0. The first-order valence-corrected chi connectivity index (χ1v) is 12.6. The molecule has 1 aromatic rings. The van der Waals surface area contributed by atoms with Crippen LogP contribution in [0.15, 0.2) is 23.0 Å². The molecule has 0 aromatic carbocycles. The number of furan rings is 1. The van der Waals surface area contributed by atoms with E-state index in [0.29, 0.717) is 24.8 Å². The summed E-state index contributed by atoms with van der Waals surface area (Å²) >= 11 is 0. The highest BCUT2D eigenvalue weighted by Crippen LogP contribution is 2.77. The molecule has 5 fully saturated rings. The van der Waals surface area contributed by atoms with Crippen LogP contribution in [0.1, 0.15) is 71.5 Å². The Morgan fingerprint density at radius 3 is 2.63 bits per heavy atom. The van der Waals surface area contributed by atoms with Crippen molar-refractivity contribution in [2.45, 2.75) is 83.2 Å². The summed E-state index contributed by atoms with van der Waals surface area (Å²) in [6, 6.07) is 1.77. The molecule has 2 saturated heterocycles. The molecule has 2 aliphatic heterocycles. The molecule has 6 rings (SSSR count). The minimum Gasteiger partial charge on any atom is -0.472 e. The predicted molar refractivity (Wildman–Crippen MR) is 121 cm³/mol. The van der Waals surface area contributed by atoms with Crippen molar-refractivity contribution in [2.24, 2.45) is 34.0 Å². The van der Waals surface area contributed by atoms with Crippen LogP contribution in [0.5, 0.6) is 0 Å². The molecule has 190 valence electrons. The maximum absolute atomic E-state index is 14.0. The number of methoxy groups -OCH3 is 1. The van der Waals surface area contributed by atoms with Crippen LogP contribution in [0.2, 0.25) is 0 Å². The van der Waals surface area contributed by atoms with E-state index in [2.05, 4.69) is 13.8 Å². The third-order valence-electron chi connectivity index (χ3n) is 11.0. The second-order valence-corrected chi connectivity index (χ2v) is 12.5. The minimum absolute atomic E-state index is 0.111. The minimum atomic E-state index is -1.55. The third-order valence-corrected chi connectivity index (χ3v) is 11.0. The second kappa shape index (κ2) is 6.76. The highest BCUT2D eigenvalue weighted by Gasteiger charge is 2.84. The van der Waals surface area contributed by atoms with E-state index >= 15 is 0 Å². The van der Waals surface area contributed by atoms with Crippen molar-refractivity contribution in [1.82, 2.24) is 0 Å². The monoisotopic (exact) mass is 486 g/mol. The first-order chi connectivity index (χ1) is 16.4. The number of esters is 2. The normalized spacial score (nSPS) is 49.3. The smallest absolute Gasteiger partial charge is 0.309 e. The molecule has 8 heteroatoms. The summed E-state index contributed by atoms with van der Waals surface area (Å²) in [4.78, 5) is 39.6. The highest BCUT2D eigenvalue weighted by atomic mass is 16.6. The SMILES string of the molecule is COC(=O)C[C@H]1C(C)(C)[C@@H]2O[C@@]34C[C@H]2C(=O)[C@]1(C)[C@H]3CC[C@@]1(C)[C@H](c2ccoc2)OC(=O)C[C@]14O. The summed E-state index contributed by atoms with van der Waals surface area (Å²) < 4.78 is 23.1. The molecule has 0 radical (unpaired) electrons. The lowest BCUT2D eigenvalue weighted by atomic mass is 9.37. The average molecular weight is 487 g/mol. The lowest BCUT2D eigenvalue weighted by Gasteiger charge is -2.67. The topological polar surface area (TPSA) is 112 Å². The Labute approximate surface area is 204 Å². The van der Waals surface area contributed by atoms with Crippen molar-refractivity contribution in [3.63, 3.8) is 0 Å².